The Labute approximate surface area is 160 Å². The van der Waals surface area contributed by atoms with E-state index in [4.69, 9.17) is 17.3 Å². The quantitative estimate of drug-likeness (QED) is 0.646. The molecule has 2 aromatic carbocycles. The number of nitrogens with zero attached hydrogens (tertiary/aromatic N) is 3. The molecule has 1 unspecified atom stereocenters. The van der Waals surface area contributed by atoms with E-state index in [9.17, 15) is 9.90 Å². The fraction of sp³-hybridized carbons (Fsp3) is 0.105. The summed E-state index contributed by atoms with van der Waals surface area (Å²) in [6, 6.07) is 13.2. The molecule has 0 fully saturated rings. The van der Waals surface area contributed by atoms with E-state index >= 15 is 0 Å². The number of aromatic hydroxyl groups is 1. The summed E-state index contributed by atoms with van der Waals surface area (Å²) in [6.45, 7) is 1.77. The highest BCUT2D eigenvalue weighted by Crippen LogP contribution is 2.36. The maximum Gasteiger partial charge on any atom is 0.248 e. The zero-order valence-corrected chi connectivity index (χ0v) is 15.1. The highest BCUT2D eigenvalue weighted by molar-refractivity contribution is 6.30. The van der Waals surface area contributed by atoms with Gasteiger partial charge in [-0.1, -0.05) is 23.7 Å². The summed E-state index contributed by atoms with van der Waals surface area (Å²) >= 11 is 5.95. The third-order valence-electron chi connectivity index (χ3n) is 4.43. The summed E-state index contributed by atoms with van der Waals surface area (Å²) in [4.78, 5) is 16.7. The number of halogens is 1. The Morgan fingerprint density at radius 1 is 1.19 bits per heavy atom. The molecule has 0 saturated carbocycles. The van der Waals surface area contributed by atoms with Crippen LogP contribution < -0.4 is 11.1 Å². The van der Waals surface area contributed by atoms with Crippen molar-refractivity contribution in [3.05, 3.63) is 70.4 Å². The normalized spacial score (nSPS) is 16.0. The molecule has 2 heterocycles. The number of benzene rings is 2. The lowest BCUT2D eigenvalue weighted by atomic mass is 9.95. The molecule has 8 heteroatoms. The third kappa shape index (κ3) is 3.02. The predicted molar refractivity (Wildman–Crippen MR) is 102 cm³/mol. The number of allylic oxidation sites excluding steroid dienone is 1. The summed E-state index contributed by atoms with van der Waals surface area (Å²) < 4.78 is 1.63. The standard InChI is InChI=1S/C19H16ClN5O2/c1-10-15(17(21)27)16(11-4-8-14(26)9-5-11)25-19(22-10)23-18(24-25)12-2-6-13(20)7-3-12/h2-9,16,26H,1H3,(H2,21,27)(H,22,23,24). The number of fused-ring (bicyclic) bond motifs is 1. The van der Waals surface area contributed by atoms with Gasteiger partial charge in [-0.05, 0) is 48.9 Å². The van der Waals surface area contributed by atoms with E-state index in [2.05, 4.69) is 15.4 Å². The predicted octanol–water partition coefficient (Wildman–Crippen LogP) is 3.08. The number of aromatic nitrogens is 3. The van der Waals surface area contributed by atoms with E-state index < -0.39 is 11.9 Å². The average Bonchev–Trinajstić information content (AvgIpc) is 3.05. The van der Waals surface area contributed by atoms with Gasteiger partial charge < -0.3 is 16.2 Å². The molecule has 27 heavy (non-hydrogen) atoms. The SMILES string of the molecule is CC1=C(C(N)=O)C(c2ccc(O)cc2)n2nc(-c3ccc(Cl)cc3)nc2N1. The largest absolute Gasteiger partial charge is 0.508 e. The van der Waals surface area contributed by atoms with Gasteiger partial charge in [0.1, 0.15) is 11.8 Å². The second kappa shape index (κ2) is 6.44. The Morgan fingerprint density at radius 3 is 2.48 bits per heavy atom. The zero-order chi connectivity index (χ0) is 19.1. The maximum absolute atomic E-state index is 12.1. The lowest BCUT2D eigenvalue weighted by Gasteiger charge is -2.27. The Balaban J connectivity index is 1.87. The van der Waals surface area contributed by atoms with Crippen LogP contribution >= 0.6 is 11.6 Å². The molecular weight excluding hydrogens is 366 g/mol. The van der Waals surface area contributed by atoms with Gasteiger partial charge in [-0.15, -0.1) is 5.10 Å². The monoisotopic (exact) mass is 381 g/mol. The van der Waals surface area contributed by atoms with Crippen LogP contribution in [0.2, 0.25) is 5.02 Å². The Hall–Kier alpha value is -3.32. The molecule has 136 valence electrons. The van der Waals surface area contributed by atoms with E-state index in [1.54, 1.807) is 48.0 Å². The van der Waals surface area contributed by atoms with Crippen molar-refractivity contribution in [2.75, 3.05) is 5.32 Å². The van der Waals surface area contributed by atoms with Gasteiger partial charge in [0.15, 0.2) is 5.82 Å². The minimum absolute atomic E-state index is 0.134. The topological polar surface area (TPSA) is 106 Å². The zero-order valence-electron chi connectivity index (χ0n) is 14.3. The molecule has 4 rings (SSSR count). The van der Waals surface area contributed by atoms with Crippen molar-refractivity contribution in [2.24, 2.45) is 5.73 Å². The van der Waals surface area contributed by atoms with E-state index in [1.807, 2.05) is 12.1 Å². The first-order valence-electron chi connectivity index (χ1n) is 8.23. The molecule has 0 radical (unpaired) electrons. The van der Waals surface area contributed by atoms with Gasteiger partial charge in [0, 0.05) is 16.3 Å². The highest BCUT2D eigenvalue weighted by atomic mass is 35.5. The van der Waals surface area contributed by atoms with Crippen LogP contribution in [0.5, 0.6) is 5.75 Å². The first-order chi connectivity index (χ1) is 12.9. The van der Waals surface area contributed by atoms with Crippen LogP contribution in [0.25, 0.3) is 11.4 Å². The van der Waals surface area contributed by atoms with Gasteiger partial charge >= 0.3 is 0 Å². The molecule has 1 aromatic heterocycles. The number of nitrogens with two attached hydrogens (primary N) is 1. The Kier molecular flexibility index (Phi) is 4.08. The van der Waals surface area contributed by atoms with Crippen LogP contribution in [0.15, 0.2) is 59.8 Å². The van der Waals surface area contributed by atoms with Gasteiger partial charge in [0.05, 0.1) is 5.57 Å². The van der Waals surface area contributed by atoms with Gasteiger partial charge in [-0.2, -0.15) is 4.98 Å². The van der Waals surface area contributed by atoms with Gasteiger partial charge in [0.25, 0.3) is 0 Å². The van der Waals surface area contributed by atoms with E-state index in [0.29, 0.717) is 28.1 Å². The fourth-order valence-corrected chi connectivity index (χ4v) is 3.28. The summed E-state index contributed by atoms with van der Waals surface area (Å²) in [5.41, 5.74) is 8.21. The lowest BCUT2D eigenvalue weighted by Crippen LogP contribution is -2.31. The van der Waals surface area contributed by atoms with E-state index in [1.165, 1.54) is 0 Å². The van der Waals surface area contributed by atoms with Crippen LogP contribution in [-0.2, 0) is 4.79 Å². The molecule has 1 amide bonds. The van der Waals surface area contributed by atoms with Crippen LogP contribution in [0.3, 0.4) is 0 Å². The Bertz CT molecular complexity index is 1050. The average molecular weight is 382 g/mol. The molecule has 0 bridgehead atoms. The van der Waals surface area contributed by atoms with Crippen molar-refractivity contribution in [3.8, 4) is 17.1 Å². The molecule has 1 aliphatic heterocycles. The minimum Gasteiger partial charge on any atom is -0.508 e. The number of phenolic OH excluding ortho intramolecular Hbond substituents is 1. The number of phenols is 1. The molecule has 4 N–H and O–H groups in total. The first-order valence-corrected chi connectivity index (χ1v) is 8.61. The summed E-state index contributed by atoms with van der Waals surface area (Å²) in [5, 5.41) is 17.9. The molecule has 0 saturated heterocycles. The van der Waals surface area contributed by atoms with Gasteiger partial charge in [-0.3, -0.25) is 4.79 Å². The summed E-state index contributed by atoms with van der Waals surface area (Å²) in [7, 11) is 0. The highest BCUT2D eigenvalue weighted by Gasteiger charge is 2.33. The molecule has 7 nitrogen and oxygen atoms in total. The van der Waals surface area contributed by atoms with Crippen molar-refractivity contribution in [3.63, 3.8) is 0 Å². The molecule has 3 aromatic rings. The number of primary amides is 1. The van der Waals surface area contributed by atoms with Crippen molar-refractivity contribution in [1.29, 1.82) is 0 Å². The smallest absolute Gasteiger partial charge is 0.248 e. The number of hydrogen-bond acceptors (Lipinski definition) is 5. The number of nitrogens with one attached hydrogen (secondary N) is 1. The number of carbonyl (C=O) groups is 1. The summed E-state index contributed by atoms with van der Waals surface area (Å²) in [5.74, 6) is 0.582. The van der Waals surface area contributed by atoms with Crippen molar-refractivity contribution in [2.45, 2.75) is 13.0 Å². The van der Waals surface area contributed by atoms with Crippen LogP contribution in [0.4, 0.5) is 5.95 Å². The molecule has 0 spiro atoms. The molecule has 1 atom stereocenters. The lowest BCUT2D eigenvalue weighted by molar-refractivity contribution is -0.115. The van der Waals surface area contributed by atoms with Crippen molar-refractivity contribution >= 4 is 23.5 Å². The molecule has 1 aliphatic rings. The number of anilines is 1. The number of carbonyl (C=O) groups excluding carboxylic acids is 1. The van der Waals surface area contributed by atoms with Crippen LogP contribution in [0, 0.1) is 0 Å². The second-order valence-electron chi connectivity index (χ2n) is 6.23. The number of hydrogen-bond donors (Lipinski definition) is 3. The van der Waals surface area contributed by atoms with E-state index in [-0.39, 0.29) is 5.75 Å². The van der Waals surface area contributed by atoms with Gasteiger partial charge in [-0.25, -0.2) is 4.68 Å². The number of rotatable bonds is 3. The minimum atomic E-state index is -0.549. The van der Waals surface area contributed by atoms with E-state index in [0.717, 1.165) is 11.1 Å². The fourth-order valence-electron chi connectivity index (χ4n) is 3.16. The van der Waals surface area contributed by atoms with Gasteiger partial charge in [0.2, 0.25) is 11.9 Å². The van der Waals surface area contributed by atoms with Crippen LogP contribution in [0.1, 0.15) is 18.5 Å². The Morgan fingerprint density at radius 2 is 1.85 bits per heavy atom. The third-order valence-corrected chi connectivity index (χ3v) is 4.68. The number of amides is 1. The molecular formula is C19H16ClN5O2. The summed E-state index contributed by atoms with van der Waals surface area (Å²) in [6.07, 6.45) is 0. The maximum atomic E-state index is 12.1. The first kappa shape index (κ1) is 17.1. The molecule has 0 aliphatic carbocycles. The van der Waals surface area contributed by atoms with Crippen LogP contribution in [-0.4, -0.2) is 25.8 Å². The van der Waals surface area contributed by atoms with Crippen molar-refractivity contribution in [1.82, 2.24) is 14.8 Å². The van der Waals surface area contributed by atoms with Crippen molar-refractivity contribution < 1.29 is 9.90 Å². The second-order valence-corrected chi connectivity index (χ2v) is 6.67.